The SMILES string of the molecule is COC(=O)c1cnc(Cl)cc1NC1CCOCC1. The zero-order chi connectivity index (χ0) is 13.0. The smallest absolute Gasteiger partial charge is 0.341 e. The van der Waals surface area contributed by atoms with Gasteiger partial charge in [0, 0.05) is 25.5 Å². The maximum absolute atomic E-state index is 11.6. The van der Waals surface area contributed by atoms with Crippen LogP contribution in [-0.2, 0) is 9.47 Å². The molecule has 6 heteroatoms. The molecule has 1 saturated heterocycles. The lowest BCUT2D eigenvalue weighted by Crippen LogP contribution is -2.28. The zero-order valence-electron chi connectivity index (χ0n) is 10.1. The average molecular weight is 271 g/mol. The lowest BCUT2D eigenvalue weighted by atomic mass is 10.1. The Hall–Kier alpha value is -1.33. The van der Waals surface area contributed by atoms with Gasteiger partial charge in [-0.1, -0.05) is 11.6 Å². The molecular weight excluding hydrogens is 256 g/mol. The van der Waals surface area contributed by atoms with Gasteiger partial charge < -0.3 is 14.8 Å². The standard InChI is InChI=1S/C12H15ClN2O3/c1-17-12(16)9-7-14-11(13)6-10(9)15-8-2-4-18-5-3-8/h6-8H,2-5H2,1H3,(H,14,15). The van der Waals surface area contributed by atoms with Crippen LogP contribution in [0.3, 0.4) is 0 Å². The number of halogens is 1. The van der Waals surface area contributed by atoms with Gasteiger partial charge in [0.1, 0.15) is 10.7 Å². The van der Waals surface area contributed by atoms with Crippen LogP contribution in [0.25, 0.3) is 0 Å². The van der Waals surface area contributed by atoms with E-state index in [-0.39, 0.29) is 6.04 Å². The molecule has 0 unspecified atom stereocenters. The lowest BCUT2D eigenvalue weighted by Gasteiger charge is -2.25. The van der Waals surface area contributed by atoms with Gasteiger partial charge in [-0.3, -0.25) is 0 Å². The van der Waals surface area contributed by atoms with E-state index in [9.17, 15) is 4.79 Å². The second-order valence-electron chi connectivity index (χ2n) is 4.08. The Balaban J connectivity index is 2.18. The van der Waals surface area contributed by atoms with Gasteiger partial charge in [0.15, 0.2) is 0 Å². The predicted octanol–water partition coefficient (Wildman–Crippen LogP) is 2.11. The number of aromatic nitrogens is 1. The first kappa shape index (κ1) is 13.1. The van der Waals surface area contributed by atoms with Gasteiger partial charge >= 0.3 is 5.97 Å². The maximum atomic E-state index is 11.6. The van der Waals surface area contributed by atoms with Crippen LogP contribution in [0.15, 0.2) is 12.3 Å². The Bertz CT molecular complexity index is 433. The molecule has 0 saturated carbocycles. The van der Waals surface area contributed by atoms with Gasteiger partial charge in [-0.05, 0) is 18.9 Å². The minimum atomic E-state index is -0.422. The highest BCUT2D eigenvalue weighted by atomic mass is 35.5. The van der Waals surface area contributed by atoms with Crippen LogP contribution in [0.2, 0.25) is 5.15 Å². The second kappa shape index (κ2) is 6.02. The van der Waals surface area contributed by atoms with Crippen LogP contribution < -0.4 is 5.32 Å². The largest absolute Gasteiger partial charge is 0.465 e. The number of carbonyl (C=O) groups is 1. The van der Waals surface area contributed by atoms with E-state index in [0.717, 1.165) is 26.1 Å². The zero-order valence-corrected chi connectivity index (χ0v) is 10.9. The van der Waals surface area contributed by atoms with E-state index < -0.39 is 5.97 Å². The van der Waals surface area contributed by atoms with Gasteiger partial charge in [-0.2, -0.15) is 0 Å². The number of rotatable bonds is 3. The second-order valence-corrected chi connectivity index (χ2v) is 4.46. The fraction of sp³-hybridized carbons (Fsp3) is 0.500. The Morgan fingerprint density at radius 1 is 1.56 bits per heavy atom. The average Bonchev–Trinajstić information content (AvgIpc) is 2.39. The quantitative estimate of drug-likeness (QED) is 0.673. The summed E-state index contributed by atoms with van der Waals surface area (Å²) in [6.07, 6.45) is 3.23. The highest BCUT2D eigenvalue weighted by Gasteiger charge is 2.18. The number of esters is 1. The van der Waals surface area contributed by atoms with E-state index in [1.54, 1.807) is 6.07 Å². The van der Waals surface area contributed by atoms with Gasteiger partial charge in [-0.25, -0.2) is 9.78 Å². The summed E-state index contributed by atoms with van der Waals surface area (Å²) in [6.45, 7) is 1.45. The first-order valence-electron chi connectivity index (χ1n) is 5.79. The van der Waals surface area contributed by atoms with Crippen molar-refractivity contribution in [2.24, 2.45) is 0 Å². The molecule has 2 heterocycles. The molecule has 1 fully saturated rings. The summed E-state index contributed by atoms with van der Waals surface area (Å²) in [7, 11) is 1.34. The summed E-state index contributed by atoms with van der Waals surface area (Å²) in [5.74, 6) is -0.422. The summed E-state index contributed by atoms with van der Waals surface area (Å²) in [5, 5.41) is 3.64. The van der Waals surface area contributed by atoms with E-state index >= 15 is 0 Å². The number of hydrogen-bond acceptors (Lipinski definition) is 5. The van der Waals surface area contributed by atoms with E-state index in [2.05, 4.69) is 10.3 Å². The number of pyridine rings is 1. The molecule has 1 N–H and O–H groups in total. The molecule has 0 spiro atoms. The molecule has 98 valence electrons. The van der Waals surface area contributed by atoms with E-state index in [1.165, 1.54) is 13.3 Å². The molecule has 0 aliphatic carbocycles. The number of nitrogens with zero attached hydrogens (tertiary/aromatic N) is 1. The van der Waals surface area contributed by atoms with Gasteiger partial charge in [0.2, 0.25) is 0 Å². The van der Waals surface area contributed by atoms with Crippen LogP contribution in [0, 0.1) is 0 Å². The van der Waals surface area contributed by atoms with Crippen LogP contribution in [0.4, 0.5) is 5.69 Å². The molecule has 18 heavy (non-hydrogen) atoms. The first-order chi connectivity index (χ1) is 8.70. The van der Waals surface area contributed by atoms with E-state index in [1.807, 2.05) is 0 Å². The molecule has 5 nitrogen and oxygen atoms in total. The van der Waals surface area contributed by atoms with Crippen molar-refractivity contribution in [1.82, 2.24) is 4.98 Å². The van der Waals surface area contributed by atoms with Crippen molar-refractivity contribution >= 4 is 23.3 Å². The van der Waals surface area contributed by atoms with Crippen molar-refractivity contribution in [1.29, 1.82) is 0 Å². The highest BCUT2D eigenvalue weighted by Crippen LogP contribution is 2.22. The van der Waals surface area contributed by atoms with Crippen LogP contribution in [0.5, 0.6) is 0 Å². The fourth-order valence-electron chi connectivity index (χ4n) is 1.88. The van der Waals surface area contributed by atoms with Crippen LogP contribution >= 0.6 is 11.6 Å². The molecule has 2 rings (SSSR count). The van der Waals surface area contributed by atoms with E-state index in [0.29, 0.717) is 16.4 Å². The third-order valence-corrected chi connectivity index (χ3v) is 3.06. The van der Waals surface area contributed by atoms with Crippen LogP contribution in [0.1, 0.15) is 23.2 Å². The van der Waals surface area contributed by atoms with Crippen molar-refractivity contribution in [2.75, 3.05) is 25.6 Å². The summed E-state index contributed by atoms with van der Waals surface area (Å²) >= 11 is 5.85. The minimum absolute atomic E-state index is 0.278. The number of anilines is 1. The van der Waals surface area contributed by atoms with Crippen molar-refractivity contribution < 1.29 is 14.3 Å². The Morgan fingerprint density at radius 2 is 2.28 bits per heavy atom. The number of hydrogen-bond donors (Lipinski definition) is 1. The van der Waals surface area contributed by atoms with Crippen molar-refractivity contribution in [3.63, 3.8) is 0 Å². The third-order valence-electron chi connectivity index (χ3n) is 2.86. The normalized spacial score (nSPS) is 16.3. The van der Waals surface area contributed by atoms with Crippen molar-refractivity contribution in [3.8, 4) is 0 Å². The highest BCUT2D eigenvalue weighted by molar-refractivity contribution is 6.29. The summed E-state index contributed by atoms with van der Waals surface area (Å²) < 4.78 is 10.0. The number of methoxy groups -OCH3 is 1. The minimum Gasteiger partial charge on any atom is -0.465 e. The predicted molar refractivity (Wildman–Crippen MR) is 68.1 cm³/mol. The summed E-state index contributed by atoms with van der Waals surface area (Å²) in [5.41, 5.74) is 1.06. The molecule has 0 radical (unpaired) electrons. The lowest BCUT2D eigenvalue weighted by molar-refractivity contribution is 0.0601. The number of nitrogens with one attached hydrogen (secondary N) is 1. The molecule has 0 atom stereocenters. The number of ether oxygens (including phenoxy) is 2. The molecule has 0 amide bonds. The van der Waals surface area contributed by atoms with Gasteiger partial charge in [0.05, 0.1) is 12.8 Å². The monoisotopic (exact) mass is 270 g/mol. The number of carbonyl (C=O) groups excluding carboxylic acids is 1. The molecule has 1 aromatic heterocycles. The Labute approximate surface area is 110 Å². The molecule has 1 aromatic rings. The van der Waals surface area contributed by atoms with E-state index in [4.69, 9.17) is 21.1 Å². The van der Waals surface area contributed by atoms with Crippen LogP contribution in [-0.4, -0.2) is 37.3 Å². The molecule has 0 aromatic carbocycles. The third kappa shape index (κ3) is 3.11. The molecular formula is C12H15ClN2O3. The fourth-order valence-corrected chi connectivity index (χ4v) is 2.04. The van der Waals surface area contributed by atoms with Gasteiger partial charge in [-0.15, -0.1) is 0 Å². The summed E-state index contributed by atoms with van der Waals surface area (Å²) in [6, 6.07) is 1.92. The molecule has 1 aliphatic rings. The Kier molecular flexibility index (Phi) is 4.38. The van der Waals surface area contributed by atoms with Crippen molar-refractivity contribution in [2.45, 2.75) is 18.9 Å². The summed E-state index contributed by atoms with van der Waals surface area (Å²) in [4.78, 5) is 15.5. The first-order valence-corrected chi connectivity index (χ1v) is 6.16. The maximum Gasteiger partial charge on any atom is 0.341 e. The molecule has 0 bridgehead atoms. The molecule has 1 aliphatic heterocycles. The van der Waals surface area contributed by atoms with Gasteiger partial charge in [0.25, 0.3) is 0 Å². The Morgan fingerprint density at radius 3 is 2.94 bits per heavy atom. The van der Waals surface area contributed by atoms with Crippen molar-refractivity contribution in [3.05, 3.63) is 23.0 Å². The topological polar surface area (TPSA) is 60.5 Å².